The summed E-state index contributed by atoms with van der Waals surface area (Å²) in [4.78, 5) is 39.4. The molecule has 2 amide bonds. The van der Waals surface area contributed by atoms with Crippen molar-refractivity contribution < 1.29 is 23.9 Å². The van der Waals surface area contributed by atoms with Gasteiger partial charge in [0, 0.05) is 0 Å². The zero-order valence-corrected chi connectivity index (χ0v) is 17.3. The summed E-state index contributed by atoms with van der Waals surface area (Å²) < 4.78 is 10.8. The smallest absolute Gasteiger partial charge is 0.338 e. The number of benzene rings is 3. The van der Waals surface area contributed by atoms with E-state index in [-0.39, 0.29) is 23.3 Å². The quantitative estimate of drug-likeness (QED) is 0.436. The first-order valence-electron chi connectivity index (χ1n) is 9.97. The van der Waals surface area contributed by atoms with Crippen molar-refractivity contribution in [3.8, 4) is 5.75 Å². The summed E-state index contributed by atoms with van der Waals surface area (Å²) >= 11 is 0. The van der Waals surface area contributed by atoms with Gasteiger partial charge in [-0.2, -0.15) is 0 Å². The van der Waals surface area contributed by atoms with Gasteiger partial charge >= 0.3 is 5.97 Å². The Morgan fingerprint density at radius 1 is 0.903 bits per heavy atom. The summed E-state index contributed by atoms with van der Waals surface area (Å²) in [5, 5.41) is 0. The highest BCUT2D eigenvalue weighted by atomic mass is 16.5. The predicted molar refractivity (Wildman–Crippen MR) is 115 cm³/mol. The molecule has 0 aromatic heterocycles. The number of carbonyl (C=O) groups excluding carboxylic acids is 3. The first kappa shape index (κ1) is 20.3. The van der Waals surface area contributed by atoms with Gasteiger partial charge in [-0.1, -0.05) is 24.3 Å². The van der Waals surface area contributed by atoms with Gasteiger partial charge in [-0.25, -0.2) is 9.69 Å². The van der Waals surface area contributed by atoms with Gasteiger partial charge in [0.05, 0.1) is 29.0 Å². The molecule has 156 valence electrons. The second-order valence-corrected chi connectivity index (χ2v) is 7.14. The summed E-state index contributed by atoms with van der Waals surface area (Å²) in [6.07, 6.45) is 0. The zero-order valence-electron chi connectivity index (χ0n) is 17.3. The summed E-state index contributed by atoms with van der Waals surface area (Å²) in [7, 11) is 0. The summed E-state index contributed by atoms with van der Waals surface area (Å²) in [5.41, 5.74) is 3.04. The van der Waals surface area contributed by atoms with E-state index in [1.165, 1.54) is 18.2 Å². The third-order valence-electron chi connectivity index (χ3n) is 5.15. The molecule has 1 heterocycles. The van der Waals surface area contributed by atoms with E-state index in [1.807, 2.05) is 38.1 Å². The second-order valence-electron chi connectivity index (χ2n) is 7.14. The van der Waals surface area contributed by atoms with Crippen LogP contribution in [-0.2, 0) is 11.3 Å². The van der Waals surface area contributed by atoms with Gasteiger partial charge in [0.2, 0.25) is 0 Å². The Kier molecular flexibility index (Phi) is 5.54. The van der Waals surface area contributed by atoms with Gasteiger partial charge in [-0.3, -0.25) is 9.59 Å². The molecular formula is C25H21NO5. The number of esters is 1. The van der Waals surface area contributed by atoms with Crippen molar-refractivity contribution in [1.29, 1.82) is 0 Å². The fraction of sp³-hybridized carbons (Fsp3) is 0.160. The summed E-state index contributed by atoms with van der Waals surface area (Å²) in [6, 6.07) is 18.8. The maximum Gasteiger partial charge on any atom is 0.338 e. The average Bonchev–Trinajstić information content (AvgIpc) is 3.03. The van der Waals surface area contributed by atoms with Gasteiger partial charge in [0.15, 0.2) is 0 Å². The molecule has 0 unspecified atom stereocenters. The van der Waals surface area contributed by atoms with E-state index in [0.29, 0.717) is 18.0 Å². The lowest BCUT2D eigenvalue weighted by molar-refractivity contribution is 0.0472. The first-order valence-corrected chi connectivity index (χ1v) is 9.97. The van der Waals surface area contributed by atoms with Crippen molar-refractivity contribution >= 4 is 23.5 Å². The Morgan fingerprint density at radius 3 is 2.32 bits per heavy atom. The lowest BCUT2D eigenvalue weighted by atomic mass is 10.1. The Hall–Kier alpha value is -3.93. The topological polar surface area (TPSA) is 72.9 Å². The van der Waals surface area contributed by atoms with Crippen molar-refractivity contribution in [3.63, 3.8) is 0 Å². The fourth-order valence-corrected chi connectivity index (χ4v) is 3.46. The molecule has 3 aromatic carbocycles. The van der Waals surface area contributed by atoms with Gasteiger partial charge in [0.25, 0.3) is 11.8 Å². The minimum Gasteiger partial charge on any atom is -0.494 e. The van der Waals surface area contributed by atoms with E-state index < -0.39 is 17.8 Å². The number of nitrogens with zero attached hydrogens (tertiary/aromatic N) is 1. The number of aryl methyl sites for hydroxylation is 1. The lowest BCUT2D eigenvalue weighted by Gasteiger charge is -2.14. The first-order chi connectivity index (χ1) is 15.0. The molecule has 0 atom stereocenters. The molecule has 0 bridgehead atoms. The van der Waals surface area contributed by atoms with E-state index in [4.69, 9.17) is 9.47 Å². The Labute approximate surface area is 180 Å². The maximum absolute atomic E-state index is 12.9. The van der Waals surface area contributed by atoms with Crippen LogP contribution in [0.4, 0.5) is 5.69 Å². The SMILES string of the molecule is CCOc1ccc(N2C(=O)c3ccc(C(=O)OCc4ccccc4C)cc3C2=O)cc1. The van der Waals surface area contributed by atoms with Gasteiger partial charge in [0.1, 0.15) is 12.4 Å². The molecule has 6 heteroatoms. The van der Waals surface area contributed by atoms with E-state index in [1.54, 1.807) is 24.3 Å². The second kappa shape index (κ2) is 8.44. The third kappa shape index (κ3) is 3.92. The normalized spacial score (nSPS) is 12.6. The van der Waals surface area contributed by atoms with E-state index in [9.17, 15) is 14.4 Å². The Morgan fingerprint density at radius 2 is 1.61 bits per heavy atom. The molecule has 31 heavy (non-hydrogen) atoms. The highest BCUT2D eigenvalue weighted by molar-refractivity contribution is 6.34. The highest BCUT2D eigenvalue weighted by Crippen LogP contribution is 2.30. The summed E-state index contributed by atoms with van der Waals surface area (Å²) in [5.74, 6) is -0.797. The van der Waals surface area contributed by atoms with Crippen LogP contribution in [0.5, 0.6) is 5.75 Å². The molecule has 6 nitrogen and oxygen atoms in total. The van der Waals surface area contributed by atoms with Crippen LogP contribution in [0.2, 0.25) is 0 Å². The molecule has 0 saturated heterocycles. The molecule has 1 aliphatic heterocycles. The number of fused-ring (bicyclic) bond motifs is 1. The molecule has 0 spiro atoms. The highest BCUT2D eigenvalue weighted by Gasteiger charge is 2.37. The number of hydrogen-bond acceptors (Lipinski definition) is 5. The van der Waals surface area contributed by atoms with Gasteiger partial charge in [-0.05, 0) is 67.4 Å². The molecule has 3 aromatic rings. The largest absolute Gasteiger partial charge is 0.494 e. The van der Waals surface area contributed by atoms with Crippen LogP contribution in [0.3, 0.4) is 0 Å². The maximum atomic E-state index is 12.9. The molecule has 0 fully saturated rings. The summed E-state index contributed by atoms with van der Waals surface area (Å²) in [6.45, 7) is 4.48. The monoisotopic (exact) mass is 415 g/mol. The van der Waals surface area contributed by atoms with Crippen LogP contribution in [0.25, 0.3) is 0 Å². The molecule has 0 N–H and O–H groups in total. The van der Waals surface area contributed by atoms with Crippen LogP contribution >= 0.6 is 0 Å². The molecule has 1 aliphatic rings. The minimum atomic E-state index is -0.550. The molecule has 0 radical (unpaired) electrons. The van der Waals surface area contributed by atoms with Crippen molar-refractivity contribution in [2.24, 2.45) is 0 Å². The van der Waals surface area contributed by atoms with E-state index in [2.05, 4.69) is 0 Å². The van der Waals surface area contributed by atoms with Crippen molar-refractivity contribution in [3.05, 3.63) is 94.5 Å². The lowest BCUT2D eigenvalue weighted by Crippen LogP contribution is -2.29. The van der Waals surface area contributed by atoms with Crippen LogP contribution in [0, 0.1) is 6.92 Å². The van der Waals surface area contributed by atoms with Crippen molar-refractivity contribution in [1.82, 2.24) is 0 Å². The van der Waals surface area contributed by atoms with Crippen LogP contribution in [-0.4, -0.2) is 24.4 Å². The number of amides is 2. The molecular weight excluding hydrogens is 394 g/mol. The predicted octanol–water partition coefficient (Wildman–Crippen LogP) is 4.55. The molecule has 0 saturated carbocycles. The minimum absolute atomic E-state index is 0.133. The number of imide groups is 1. The van der Waals surface area contributed by atoms with Crippen LogP contribution in [0.1, 0.15) is 49.1 Å². The van der Waals surface area contributed by atoms with E-state index in [0.717, 1.165) is 16.0 Å². The van der Waals surface area contributed by atoms with Gasteiger partial charge in [-0.15, -0.1) is 0 Å². The molecule has 0 aliphatic carbocycles. The fourth-order valence-electron chi connectivity index (χ4n) is 3.46. The van der Waals surface area contributed by atoms with Crippen molar-refractivity contribution in [2.75, 3.05) is 11.5 Å². The van der Waals surface area contributed by atoms with Gasteiger partial charge < -0.3 is 9.47 Å². The standard InChI is InChI=1S/C25H21NO5/c1-3-30-20-11-9-19(10-12-20)26-23(27)21-13-8-17(14-22(21)24(26)28)25(29)31-15-18-7-5-4-6-16(18)2/h4-14H,3,15H2,1-2H3. The average molecular weight is 415 g/mol. The zero-order chi connectivity index (χ0) is 22.0. The van der Waals surface area contributed by atoms with Crippen LogP contribution < -0.4 is 9.64 Å². The number of hydrogen-bond donors (Lipinski definition) is 0. The number of anilines is 1. The van der Waals surface area contributed by atoms with Crippen molar-refractivity contribution in [2.45, 2.75) is 20.5 Å². The van der Waals surface area contributed by atoms with E-state index >= 15 is 0 Å². The third-order valence-corrected chi connectivity index (χ3v) is 5.15. The molecule has 4 rings (SSSR count). The van der Waals surface area contributed by atoms with Crippen LogP contribution in [0.15, 0.2) is 66.7 Å². The number of carbonyl (C=O) groups is 3. The number of rotatable bonds is 6. The number of ether oxygens (including phenoxy) is 2. The Bertz CT molecular complexity index is 1170. The Balaban J connectivity index is 1.53.